The molecule has 0 unspecified atom stereocenters. The van der Waals surface area contributed by atoms with Crippen LogP contribution in [0.2, 0.25) is 0 Å². The predicted molar refractivity (Wildman–Crippen MR) is 110 cm³/mol. The van der Waals surface area contributed by atoms with Crippen LogP contribution >= 0.6 is 11.8 Å². The maximum Gasteiger partial charge on any atom is 0.225 e. The van der Waals surface area contributed by atoms with Gasteiger partial charge in [0.15, 0.2) is 0 Å². The van der Waals surface area contributed by atoms with E-state index in [2.05, 4.69) is 41.7 Å². The molecular formula is C23H18N2OS. The molecule has 3 aromatic rings. The first-order valence-corrected chi connectivity index (χ1v) is 9.82. The highest BCUT2D eigenvalue weighted by atomic mass is 32.2. The van der Waals surface area contributed by atoms with Crippen molar-refractivity contribution >= 4 is 28.4 Å². The van der Waals surface area contributed by atoms with Crippen LogP contribution in [0.5, 0.6) is 0 Å². The van der Waals surface area contributed by atoms with Gasteiger partial charge in [-0.3, -0.25) is 4.79 Å². The third-order valence-electron chi connectivity index (χ3n) is 4.75. The molecular weight excluding hydrogens is 352 g/mol. The van der Waals surface area contributed by atoms with E-state index in [4.69, 9.17) is 0 Å². The van der Waals surface area contributed by atoms with Gasteiger partial charge in [-0.15, -0.1) is 11.8 Å². The third-order valence-corrected chi connectivity index (χ3v) is 5.84. The summed E-state index contributed by atoms with van der Waals surface area (Å²) in [5.41, 5.74) is 2.82. The van der Waals surface area contributed by atoms with E-state index >= 15 is 0 Å². The van der Waals surface area contributed by atoms with Crippen LogP contribution in [0.15, 0.2) is 83.4 Å². The number of rotatable bonds is 4. The number of hydrogen-bond donors (Lipinski definition) is 1. The standard InChI is InChI=1S/C23H18N2OS/c24-14-21-20(18-7-2-1-3-8-18)13-22(26)25-23(21)27-15-16-10-11-17-6-4-5-9-19(17)12-16/h1-12,20H,13,15H2,(H,25,26)/t20-/m0/s1. The first-order chi connectivity index (χ1) is 13.2. The number of fused-ring (bicyclic) bond motifs is 1. The number of thioether (sulfide) groups is 1. The summed E-state index contributed by atoms with van der Waals surface area (Å²) in [6.45, 7) is 0. The summed E-state index contributed by atoms with van der Waals surface area (Å²) in [7, 11) is 0. The lowest BCUT2D eigenvalue weighted by atomic mass is 9.87. The number of hydrogen-bond acceptors (Lipinski definition) is 3. The fourth-order valence-electron chi connectivity index (χ4n) is 3.39. The lowest BCUT2D eigenvalue weighted by Crippen LogP contribution is -2.30. The molecule has 4 rings (SSSR count). The Morgan fingerprint density at radius 3 is 2.52 bits per heavy atom. The van der Waals surface area contributed by atoms with Crippen molar-refractivity contribution in [1.29, 1.82) is 5.26 Å². The normalized spacial score (nSPS) is 16.9. The molecule has 0 saturated carbocycles. The highest BCUT2D eigenvalue weighted by molar-refractivity contribution is 8.02. The van der Waals surface area contributed by atoms with E-state index in [1.165, 1.54) is 28.1 Å². The Kier molecular flexibility index (Phi) is 4.95. The van der Waals surface area contributed by atoms with E-state index in [9.17, 15) is 10.1 Å². The van der Waals surface area contributed by atoms with Crippen molar-refractivity contribution in [1.82, 2.24) is 5.32 Å². The zero-order chi connectivity index (χ0) is 18.6. The van der Waals surface area contributed by atoms with Gasteiger partial charge in [0.05, 0.1) is 16.7 Å². The van der Waals surface area contributed by atoms with Crippen LogP contribution in [0.1, 0.15) is 23.5 Å². The molecule has 27 heavy (non-hydrogen) atoms. The molecule has 0 saturated heterocycles. The molecule has 3 aromatic carbocycles. The van der Waals surface area contributed by atoms with Crippen LogP contribution in [0.4, 0.5) is 0 Å². The van der Waals surface area contributed by atoms with Gasteiger partial charge in [-0.05, 0) is 21.9 Å². The maximum atomic E-state index is 12.2. The van der Waals surface area contributed by atoms with Crippen LogP contribution in [0.25, 0.3) is 10.8 Å². The minimum Gasteiger partial charge on any atom is -0.320 e. The number of carbonyl (C=O) groups is 1. The number of nitrogens with one attached hydrogen (secondary N) is 1. The highest BCUT2D eigenvalue weighted by Crippen LogP contribution is 2.36. The summed E-state index contributed by atoms with van der Waals surface area (Å²) >= 11 is 1.52. The maximum absolute atomic E-state index is 12.2. The van der Waals surface area contributed by atoms with Gasteiger partial charge in [0.25, 0.3) is 0 Å². The molecule has 0 spiro atoms. The molecule has 1 amide bonds. The van der Waals surface area contributed by atoms with E-state index in [0.717, 1.165) is 5.56 Å². The molecule has 4 heteroatoms. The van der Waals surface area contributed by atoms with Gasteiger partial charge in [-0.25, -0.2) is 0 Å². The zero-order valence-electron chi connectivity index (χ0n) is 14.7. The SMILES string of the molecule is N#CC1=C(SCc2ccc3ccccc3c2)NC(=O)C[C@H]1c1ccccc1. The van der Waals surface area contributed by atoms with Crippen LogP contribution in [-0.4, -0.2) is 5.91 Å². The summed E-state index contributed by atoms with van der Waals surface area (Å²) in [6.07, 6.45) is 0.312. The lowest BCUT2D eigenvalue weighted by molar-refractivity contribution is -0.120. The van der Waals surface area contributed by atoms with Crippen molar-refractivity contribution in [2.45, 2.75) is 18.1 Å². The summed E-state index contributed by atoms with van der Waals surface area (Å²) in [6, 6.07) is 26.7. The van der Waals surface area contributed by atoms with Gasteiger partial charge in [0.2, 0.25) is 5.91 Å². The average Bonchev–Trinajstić information content (AvgIpc) is 2.72. The van der Waals surface area contributed by atoms with Gasteiger partial charge in [0, 0.05) is 18.1 Å². The molecule has 1 aliphatic heterocycles. The second-order valence-electron chi connectivity index (χ2n) is 6.54. The van der Waals surface area contributed by atoms with Crippen molar-refractivity contribution in [2.24, 2.45) is 0 Å². The Balaban J connectivity index is 1.61. The number of carbonyl (C=O) groups excluding carboxylic acids is 1. The van der Waals surface area contributed by atoms with Gasteiger partial charge in [0.1, 0.15) is 0 Å². The van der Waals surface area contributed by atoms with E-state index in [-0.39, 0.29) is 11.8 Å². The molecule has 0 aliphatic carbocycles. The summed E-state index contributed by atoms with van der Waals surface area (Å²) < 4.78 is 0. The number of benzene rings is 3. The van der Waals surface area contributed by atoms with Gasteiger partial charge in [-0.2, -0.15) is 5.26 Å². The monoisotopic (exact) mass is 370 g/mol. The lowest BCUT2D eigenvalue weighted by Gasteiger charge is -2.25. The second-order valence-corrected chi connectivity index (χ2v) is 7.53. The minimum atomic E-state index is -0.177. The molecule has 1 atom stereocenters. The summed E-state index contributed by atoms with van der Waals surface area (Å²) in [5, 5.41) is 15.7. The summed E-state index contributed by atoms with van der Waals surface area (Å²) in [5.74, 6) is 0.487. The third kappa shape index (κ3) is 3.74. The number of amides is 1. The van der Waals surface area contributed by atoms with Crippen molar-refractivity contribution in [3.8, 4) is 6.07 Å². The van der Waals surface area contributed by atoms with Crippen LogP contribution in [0.3, 0.4) is 0 Å². The Hall–Kier alpha value is -3.03. The quantitative estimate of drug-likeness (QED) is 0.694. The fourth-order valence-corrected chi connectivity index (χ4v) is 4.41. The minimum absolute atomic E-state index is 0.0381. The second kappa shape index (κ2) is 7.69. The molecule has 3 nitrogen and oxygen atoms in total. The van der Waals surface area contributed by atoms with Crippen molar-refractivity contribution in [2.75, 3.05) is 0 Å². The van der Waals surface area contributed by atoms with Crippen LogP contribution in [0, 0.1) is 11.3 Å². The molecule has 0 fully saturated rings. The van der Waals surface area contributed by atoms with Gasteiger partial charge >= 0.3 is 0 Å². The van der Waals surface area contributed by atoms with E-state index in [1.54, 1.807) is 0 Å². The molecule has 0 bridgehead atoms. The summed E-state index contributed by atoms with van der Waals surface area (Å²) in [4.78, 5) is 12.2. The Labute approximate surface area is 162 Å². The van der Waals surface area contributed by atoms with Gasteiger partial charge in [-0.1, -0.05) is 72.8 Å². The molecule has 1 aliphatic rings. The number of nitriles is 1. The van der Waals surface area contributed by atoms with Crippen molar-refractivity contribution in [3.05, 3.63) is 94.5 Å². The Morgan fingerprint density at radius 1 is 1.00 bits per heavy atom. The fraction of sp³-hybridized carbons (Fsp3) is 0.130. The van der Waals surface area contributed by atoms with Gasteiger partial charge < -0.3 is 5.32 Å². The highest BCUT2D eigenvalue weighted by Gasteiger charge is 2.29. The zero-order valence-corrected chi connectivity index (χ0v) is 15.5. The van der Waals surface area contributed by atoms with Crippen molar-refractivity contribution < 1.29 is 4.79 Å². The number of allylic oxidation sites excluding steroid dienone is 1. The first kappa shape index (κ1) is 17.4. The first-order valence-electron chi connectivity index (χ1n) is 8.84. The Morgan fingerprint density at radius 2 is 1.74 bits per heavy atom. The predicted octanol–water partition coefficient (Wildman–Crippen LogP) is 5.11. The largest absolute Gasteiger partial charge is 0.320 e. The van der Waals surface area contributed by atoms with Crippen molar-refractivity contribution in [3.63, 3.8) is 0 Å². The van der Waals surface area contributed by atoms with E-state index in [0.29, 0.717) is 22.8 Å². The molecule has 0 radical (unpaired) electrons. The van der Waals surface area contributed by atoms with Crippen LogP contribution in [-0.2, 0) is 10.5 Å². The smallest absolute Gasteiger partial charge is 0.225 e. The van der Waals surface area contributed by atoms with Crippen LogP contribution < -0.4 is 5.32 Å². The van der Waals surface area contributed by atoms with E-state index in [1.807, 2.05) is 42.5 Å². The average molecular weight is 370 g/mol. The number of nitrogens with zero attached hydrogens (tertiary/aromatic N) is 1. The van der Waals surface area contributed by atoms with E-state index < -0.39 is 0 Å². The molecule has 1 heterocycles. The topological polar surface area (TPSA) is 52.9 Å². The Bertz CT molecular complexity index is 1070. The molecule has 0 aromatic heterocycles. The molecule has 1 N–H and O–H groups in total. The molecule has 132 valence electrons.